The lowest BCUT2D eigenvalue weighted by molar-refractivity contribution is 0.134. The van der Waals surface area contributed by atoms with E-state index in [0.29, 0.717) is 6.54 Å². The van der Waals surface area contributed by atoms with Crippen molar-refractivity contribution in [2.75, 3.05) is 13.1 Å². The minimum Gasteiger partial charge on any atom is -0.326 e. The average Bonchev–Trinajstić information content (AvgIpc) is 2.28. The number of likely N-dealkylation sites (tertiary alicyclic amines) is 1. The van der Waals surface area contributed by atoms with Crippen molar-refractivity contribution >= 4 is 0 Å². The van der Waals surface area contributed by atoms with Gasteiger partial charge in [-0.05, 0) is 29.4 Å². The summed E-state index contributed by atoms with van der Waals surface area (Å²) in [4.78, 5) is 2.58. The van der Waals surface area contributed by atoms with Crippen LogP contribution in [0.15, 0.2) is 24.3 Å². The van der Waals surface area contributed by atoms with Gasteiger partial charge < -0.3 is 5.73 Å². The van der Waals surface area contributed by atoms with Crippen LogP contribution < -0.4 is 5.73 Å². The Kier molecular flexibility index (Phi) is 4.19. The molecule has 2 nitrogen and oxygen atoms in total. The molecule has 2 rings (SSSR count). The average molecular weight is 232 g/mol. The highest BCUT2D eigenvalue weighted by Gasteiger charge is 2.21. The fraction of sp³-hybridized carbons (Fsp3) is 0.600. The summed E-state index contributed by atoms with van der Waals surface area (Å²) >= 11 is 0. The van der Waals surface area contributed by atoms with Gasteiger partial charge in [0, 0.05) is 26.2 Å². The molecule has 1 aliphatic heterocycles. The van der Waals surface area contributed by atoms with E-state index in [1.54, 1.807) is 0 Å². The van der Waals surface area contributed by atoms with Gasteiger partial charge >= 0.3 is 0 Å². The second-order valence-corrected chi connectivity index (χ2v) is 5.66. The standard InChI is InChI=1S/C15H24N2/c1-12-7-13(2)10-17(9-12)11-15-5-3-14(8-16)4-6-15/h3-6,12-13H,7-11,16H2,1-2H3/t12-,13+. The maximum Gasteiger partial charge on any atom is 0.0233 e. The maximum atomic E-state index is 5.61. The Morgan fingerprint density at radius 1 is 1.06 bits per heavy atom. The molecule has 94 valence electrons. The van der Waals surface area contributed by atoms with Crippen LogP contribution in [0.4, 0.5) is 0 Å². The largest absolute Gasteiger partial charge is 0.326 e. The first-order chi connectivity index (χ1) is 8.17. The summed E-state index contributed by atoms with van der Waals surface area (Å²) in [6.07, 6.45) is 1.38. The van der Waals surface area contributed by atoms with Gasteiger partial charge in [-0.2, -0.15) is 0 Å². The lowest BCUT2D eigenvalue weighted by Crippen LogP contribution is -2.38. The van der Waals surface area contributed by atoms with E-state index in [-0.39, 0.29) is 0 Å². The Hall–Kier alpha value is -0.860. The van der Waals surface area contributed by atoms with E-state index >= 15 is 0 Å². The summed E-state index contributed by atoms with van der Waals surface area (Å²) < 4.78 is 0. The molecule has 0 amide bonds. The van der Waals surface area contributed by atoms with E-state index in [2.05, 4.69) is 43.0 Å². The summed E-state index contributed by atoms with van der Waals surface area (Å²) in [6.45, 7) is 8.92. The minimum atomic E-state index is 0.637. The number of hydrogen-bond donors (Lipinski definition) is 1. The number of nitrogens with two attached hydrogens (primary N) is 1. The highest BCUT2D eigenvalue weighted by molar-refractivity contribution is 5.22. The van der Waals surface area contributed by atoms with Crippen LogP contribution >= 0.6 is 0 Å². The Morgan fingerprint density at radius 2 is 1.59 bits per heavy atom. The third kappa shape index (κ3) is 3.55. The van der Waals surface area contributed by atoms with Gasteiger partial charge in [-0.15, -0.1) is 0 Å². The molecule has 0 radical (unpaired) electrons. The topological polar surface area (TPSA) is 29.3 Å². The Morgan fingerprint density at radius 3 is 2.12 bits per heavy atom. The van der Waals surface area contributed by atoms with Gasteiger partial charge in [-0.25, -0.2) is 0 Å². The molecule has 2 heteroatoms. The predicted molar refractivity (Wildman–Crippen MR) is 72.6 cm³/mol. The molecule has 0 spiro atoms. The van der Waals surface area contributed by atoms with Crippen molar-refractivity contribution in [3.05, 3.63) is 35.4 Å². The zero-order valence-corrected chi connectivity index (χ0v) is 11.0. The van der Waals surface area contributed by atoms with Crippen molar-refractivity contribution in [3.63, 3.8) is 0 Å². The molecule has 0 bridgehead atoms. The van der Waals surface area contributed by atoms with Crippen molar-refractivity contribution in [1.29, 1.82) is 0 Å². The van der Waals surface area contributed by atoms with Gasteiger partial charge in [0.05, 0.1) is 0 Å². The maximum absolute atomic E-state index is 5.61. The van der Waals surface area contributed by atoms with E-state index in [1.165, 1.54) is 30.6 Å². The van der Waals surface area contributed by atoms with Crippen molar-refractivity contribution in [3.8, 4) is 0 Å². The van der Waals surface area contributed by atoms with E-state index in [0.717, 1.165) is 18.4 Å². The molecule has 0 aliphatic carbocycles. The summed E-state index contributed by atoms with van der Waals surface area (Å²) in [6, 6.07) is 8.72. The summed E-state index contributed by atoms with van der Waals surface area (Å²) in [5.74, 6) is 1.67. The number of nitrogens with zero attached hydrogens (tertiary/aromatic N) is 1. The van der Waals surface area contributed by atoms with Crippen LogP contribution in [0.2, 0.25) is 0 Å². The Labute approximate surface area is 105 Å². The molecule has 1 aromatic carbocycles. The molecule has 1 saturated heterocycles. The van der Waals surface area contributed by atoms with Gasteiger partial charge in [0.15, 0.2) is 0 Å². The lowest BCUT2D eigenvalue weighted by atomic mass is 9.91. The van der Waals surface area contributed by atoms with E-state index in [1.807, 2.05) is 0 Å². The highest BCUT2D eigenvalue weighted by Crippen LogP contribution is 2.22. The molecule has 1 fully saturated rings. The normalized spacial score (nSPS) is 26.1. The van der Waals surface area contributed by atoms with Gasteiger partial charge in [-0.1, -0.05) is 38.1 Å². The molecular weight excluding hydrogens is 208 g/mol. The monoisotopic (exact) mass is 232 g/mol. The summed E-state index contributed by atoms with van der Waals surface area (Å²) in [7, 11) is 0. The van der Waals surface area contributed by atoms with Gasteiger partial charge in [0.25, 0.3) is 0 Å². The molecule has 0 unspecified atom stereocenters. The van der Waals surface area contributed by atoms with E-state index in [9.17, 15) is 0 Å². The molecule has 0 aromatic heterocycles. The van der Waals surface area contributed by atoms with Gasteiger partial charge in [0.2, 0.25) is 0 Å². The first-order valence-corrected chi connectivity index (χ1v) is 6.67. The molecule has 1 aliphatic rings. The minimum absolute atomic E-state index is 0.637. The summed E-state index contributed by atoms with van der Waals surface area (Å²) in [5, 5.41) is 0. The third-order valence-corrected chi connectivity index (χ3v) is 3.61. The Balaban J connectivity index is 1.95. The van der Waals surface area contributed by atoms with Gasteiger partial charge in [0.1, 0.15) is 0 Å². The van der Waals surface area contributed by atoms with Crippen LogP contribution in [0.3, 0.4) is 0 Å². The van der Waals surface area contributed by atoms with Crippen LogP contribution in [0.1, 0.15) is 31.4 Å². The number of piperidine rings is 1. The second-order valence-electron chi connectivity index (χ2n) is 5.66. The van der Waals surface area contributed by atoms with Crippen molar-refractivity contribution in [1.82, 2.24) is 4.90 Å². The quantitative estimate of drug-likeness (QED) is 0.868. The third-order valence-electron chi connectivity index (χ3n) is 3.61. The number of hydrogen-bond acceptors (Lipinski definition) is 2. The predicted octanol–water partition coefficient (Wildman–Crippen LogP) is 2.62. The van der Waals surface area contributed by atoms with Crippen LogP contribution in [0, 0.1) is 11.8 Å². The smallest absolute Gasteiger partial charge is 0.0233 e. The first-order valence-electron chi connectivity index (χ1n) is 6.67. The number of rotatable bonds is 3. The van der Waals surface area contributed by atoms with Crippen LogP contribution in [0.5, 0.6) is 0 Å². The molecule has 1 heterocycles. The lowest BCUT2D eigenvalue weighted by Gasteiger charge is -2.35. The molecule has 1 aromatic rings. The van der Waals surface area contributed by atoms with Crippen molar-refractivity contribution in [2.45, 2.75) is 33.4 Å². The second kappa shape index (κ2) is 5.65. The van der Waals surface area contributed by atoms with Crippen molar-refractivity contribution < 1.29 is 0 Å². The summed E-state index contributed by atoms with van der Waals surface area (Å²) in [5.41, 5.74) is 8.23. The fourth-order valence-electron chi connectivity index (χ4n) is 2.96. The molecule has 17 heavy (non-hydrogen) atoms. The fourth-order valence-corrected chi connectivity index (χ4v) is 2.96. The molecular formula is C15H24N2. The molecule has 0 saturated carbocycles. The molecule has 2 N–H and O–H groups in total. The van der Waals surface area contributed by atoms with E-state index in [4.69, 9.17) is 5.73 Å². The van der Waals surface area contributed by atoms with Crippen LogP contribution in [0.25, 0.3) is 0 Å². The van der Waals surface area contributed by atoms with Crippen molar-refractivity contribution in [2.24, 2.45) is 17.6 Å². The van der Waals surface area contributed by atoms with Crippen LogP contribution in [-0.4, -0.2) is 18.0 Å². The molecule has 2 atom stereocenters. The zero-order chi connectivity index (χ0) is 12.3. The van der Waals surface area contributed by atoms with Crippen LogP contribution in [-0.2, 0) is 13.1 Å². The number of benzene rings is 1. The highest BCUT2D eigenvalue weighted by atomic mass is 15.1. The first kappa shape index (κ1) is 12.6. The Bertz CT molecular complexity index is 334. The van der Waals surface area contributed by atoms with Gasteiger partial charge in [-0.3, -0.25) is 4.90 Å². The SMILES string of the molecule is C[C@@H]1C[C@H](C)CN(Cc2ccc(CN)cc2)C1. The van der Waals surface area contributed by atoms with E-state index < -0.39 is 0 Å². The zero-order valence-electron chi connectivity index (χ0n) is 11.0.